The maximum absolute atomic E-state index is 8.75. The van der Waals surface area contributed by atoms with Crippen LogP contribution in [0.3, 0.4) is 0 Å². The number of aliphatic hydroxyl groups is 1. The number of hydrogen-bond acceptors (Lipinski definition) is 2. The van der Waals surface area contributed by atoms with Crippen molar-refractivity contribution in [1.82, 2.24) is 0 Å². The highest BCUT2D eigenvalue weighted by molar-refractivity contribution is 6.79. The largest absolute Gasteiger partial charge is 0.421 e. The number of rotatable bonds is 6. The van der Waals surface area contributed by atoms with Gasteiger partial charge in [-0.2, -0.15) is 0 Å². The minimum Gasteiger partial charge on any atom is -0.421 e. The lowest BCUT2D eigenvalue weighted by atomic mass is 10.5. The van der Waals surface area contributed by atoms with Crippen LogP contribution in [0.5, 0.6) is 0 Å². The van der Waals surface area contributed by atoms with Gasteiger partial charge < -0.3 is 9.53 Å². The van der Waals surface area contributed by atoms with Crippen LogP contribution in [0.2, 0.25) is 38.8 Å². The second-order valence-electron chi connectivity index (χ2n) is 5.39. The molecule has 0 aromatic rings. The number of hydrogen-bond donors (Lipinski definition) is 1. The second-order valence-corrected chi connectivity index (χ2v) is 15.0. The molecule has 0 rings (SSSR count). The van der Waals surface area contributed by atoms with Crippen molar-refractivity contribution < 1.29 is 9.53 Å². The molecule has 0 aliphatic heterocycles. The quantitative estimate of drug-likeness (QED) is 0.697. The lowest BCUT2D eigenvalue weighted by Crippen LogP contribution is -2.39. The van der Waals surface area contributed by atoms with E-state index in [1.165, 1.54) is 6.04 Å². The first-order valence-corrected chi connectivity index (χ1v) is 11.8. The number of aliphatic hydroxyl groups excluding tert-OH is 1. The predicted molar refractivity (Wildman–Crippen MR) is 63.3 cm³/mol. The Hall–Kier alpha value is 0.354. The lowest BCUT2D eigenvalue weighted by Gasteiger charge is -2.27. The fraction of sp³-hybridized carbons (Fsp3) is 1.00. The smallest absolute Gasteiger partial charge is 0.183 e. The summed E-state index contributed by atoms with van der Waals surface area (Å²) in [6, 6.07) is 1.17. The molecule has 13 heavy (non-hydrogen) atoms. The van der Waals surface area contributed by atoms with Gasteiger partial charge in [-0.1, -0.05) is 19.1 Å². The van der Waals surface area contributed by atoms with E-state index < -0.39 is 16.4 Å². The maximum Gasteiger partial charge on any atom is 0.183 e. The third kappa shape index (κ3) is 8.68. The summed E-state index contributed by atoms with van der Waals surface area (Å²) in [6.45, 7) is 11.7. The van der Waals surface area contributed by atoms with Crippen molar-refractivity contribution in [1.29, 1.82) is 0 Å². The van der Waals surface area contributed by atoms with E-state index in [1.54, 1.807) is 0 Å². The molecule has 2 nitrogen and oxygen atoms in total. The van der Waals surface area contributed by atoms with Gasteiger partial charge in [-0.3, -0.25) is 0 Å². The van der Waals surface area contributed by atoms with Crippen molar-refractivity contribution in [3.05, 3.63) is 0 Å². The molecule has 0 radical (unpaired) electrons. The lowest BCUT2D eigenvalue weighted by molar-refractivity contribution is 0.293. The zero-order chi connectivity index (χ0) is 10.5. The van der Waals surface area contributed by atoms with Crippen LogP contribution in [-0.4, -0.2) is 34.3 Å². The van der Waals surface area contributed by atoms with Gasteiger partial charge in [0.1, 0.15) is 0 Å². The molecule has 0 aromatic carbocycles. The maximum atomic E-state index is 8.75. The van der Waals surface area contributed by atoms with Crippen LogP contribution in [0.15, 0.2) is 0 Å². The highest BCUT2D eigenvalue weighted by atomic mass is 28.4. The Kier molecular flexibility index (Phi) is 5.43. The van der Waals surface area contributed by atoms with Crippen molar-refractivity contribution in [2.75, 3.05) is 12.8 Å². The van der Waals surface area contributed by atoms with Crippen LogP contribution >= 0.6 is 0 Å². The van der Waals surface area contributed by atoms with Crippen molar-refractivity contribution in [3.63, 3.8) is 0 Å². The molecule has 0 unspecified atom stereocenters. The topological polar surface area (TPSA) is 29.5 Å². The molecule has 4 heteroatoms. The molecule has 0 aliphatic rings. The first-order valence-electron chi connectivity index (χ1n) is 5.02. The van der Waals surface area contributed by atoms with Crippen molar-refractivity contribution >= 4 is 16.4 Å². The second kappa shape index (κ2) is 5.29. The van der Waals surface area contributed by atoms with Gasteiger partial charge in [-0.05, 0) is 26.1 Å². The summed E-state index contributed by atoms with van der Waals surface area (Å²) in [6.07, 6.45) is 1.90. The van der Waals surface area contributed by atoms with Gasteiger partial charge in [-0.25, -0.2) is 0 Å². The third-order valence-corrected chi connectivity index (χ3v) is 5.84. The summed E-state index contributed by atoms with van der Waals surface area (Å²) in [4.78, 5) is 0. The van der Waals surface area contributed by atoms with Gasteiger partial charge in [-0.15, -0.1) is 0 Å². The average molecular weight is 220 g/mol. The zero-order valence-corrected chi connectivity index (χ0v) is 11.7. The SMILES string of the molecule is C[Si](C)(CCCO)CO[Si](C)(C)C. The van der Waals surface area contributed by atoms with Gasteiger partial charge in [0.25, 0.3) is 0 Å². The van der Waals surface area contributed by atoms with Crippen molar-refractivity contribution in [3.8, 4) is 0 Å². The Morgan fingerprint density at radius 1 is 1.08 bits per heavy atom. The summed E-state index contributed by atoms with van der Waals surface area (Å²) in [5.74, 6) is 0. The van der Waals surface area contributed by atoms with E-state index in [9.17, 15) is 0 Å². The minimum absolute atomic E-state index is 0.323. The molecular formula is C9H24O2Si2. The van der Waals surface area contributed by atoms with Gasteiger partial charge in [0, 0.05) is 12.8 Å². The van der Waals surface area contributed by atoms with Gasteiger partial charge >= 0.3 is 0 Å². The fourth-order valence-corrected chi connectivity index (χ4v) is 5.60. The predicted octanol–water partition coefficient (Wildman–Crippen LogP) is 2.47. The molecule has 0 atom stereocenters. The highest BCUT2D eigenvalue weighted by Gasteiger charge is 2.24. The van der Waals surface area contributed by atoms with Crippen LogP contribution < -0.4 is 0 Å². The Bertz CT molecular complexity index is 141. The van der Waals surface area contributed by atoms with Gasteiger partial charge in [0.05, 0.1) is 8.07 Å². The first kappa shape index (κ1) is 13.4. The fourth-order valence-electron chi connectivity index (χ4n) is 1.04. The van der Waals surface area contributed by atoms with E-state index in [0.29, 0.717) is 6.61 Å². The standard InChI is InChI=1S/C9H24O2Si2/c1-12(2,3)11-9-13(4,5)8-6-7-10/h10H,6-9H2,1-5H3. The molecule has 0 aliphatic carbocycles. The molecule has 0 heterocycles. The zero-order valence-electron chi connectivity index (χ0n) is 9.68. The summed E-state index contributed by atoms with van der Waals surface area (Å²) in [7, 11) is -2.52. The van der Waals surface area contributed by atoms with Crippen LogP contribution in [0, 0.1) is 0 Å². The van der Waals surface area contributed by atoms with Crippen LogP contribution in [0.25, 0.3) is 0 Å². The summed E-state index contributed by atoms with van der Waals surface area (Å²) >= 11 is 0. The third-order valence-electron chi connectivity index (χ3n) is 1.91. The average Bonchev–Trinajstić information content (AvgIpc) is 1.97. The molecule has 80 valence electrons. The summed E-state index contributed by atoms with van der Waals surface area (Å²) < 4.78 is 5.91. The molecule has 0 saturated heterocycles. The summed E-state index contributed by atoms with van der Waals surface area (Å²) in [5.41, 5.74) is 0. The van der Waals surface area contributed by atoms with Crippen LogP contribution in [0.4, 0.5) is 0 Å². The molecule has 0 spiro atoms. The van der Waals surface area contributed by atoms with Crippen molar-refractivity contribution in [2.45, 2.75) is 45.2 Å². The Morgan fingerprint density at radius 2 is 1.62 bits per heavy atom. The van der Waals surface area contributed by atoms with E-state index in [0.717, 1.165) is 12.7 Å². The molecule has 0 fully saturated rings. The Balaban J connectivity index is 3.75. The van der Waals surface area contributed by atoms with E-state index >= 15 is 0 Å². The molecular weight excluding hydrogens is 196 g/mol. The van der Waals surface area contributed by atoms with E-state index in [2.05, 4.69) is 32.7 Å². The first-order chi connectivity index (χ1) is 5.77. The normalized spacial score (nSPS) is 13.4. The van der Waals surface area contributed by atoms with Crippen molar-refractivity contribution in [2.24, 2.45) is 0 Å². The molecule has 0 aromatic heterocycles. The van der Waals surface area contributed by atoms with Crippen LogP contribution in [0.1, 0.15) is 6.42 Å². The van der Waals surface area contributed by atoms with Crippen LogP contribution in [-0.2, 0) is 4.43 Å². The van der Waals surface area contributed by atoms with Gasteiger partial charge in [0.2, 0.25) is 0 Å². The molecule has 0 amide bonds. The molecule has 0 saturated carbocycles. The molecule has 1 N–H and O–H groups in total. The van der Waals surface area contributed by atoms with E-state index in [4.69, 9.17) is 9.53 Å². The van der Waals surface area contributed by atoms with E-state index in [-0.39, 0.29) is 0 Å². The summed E-state index contributed by atoms with van der Waals surface area (Å²) in [5, 5.41) is 8.75. The minimum atomic E-state index is -1.33. The van der Waals surface area contributed by atoms with E-state index in [1.807, 2.05) is 0 Å². The Labute approximate surface area is 84.5 Å². The Morgan fingerprint density at radius 3 is 2.00 bits per heavy atom. The highest BCUT2D eigenvalue weighted by Crippen LogP contribution is 2.15. The monoisotopic (exact) mass is 220 g/mol. The van der Waals surface area contributed by atoms with Gasteiger partial charge in [0.15, 0.2) is 8.32 Å². The molecule has 0 bridgehead atoms.